The van der Waals surface area contributed by atoms with Crippen molar-refractivity contribution in [3.63, 3.8) is 0 Å². The Labute approximate surface area is 121 Å². The summed E-state index contributed by atoms with van der Waals surface area (Å²) < 4.78 is 17.5. The number of aliphatic carboxylic acids is 1. The Kier molecular flexibility index (Phi) is 3.50. The Morgan fingerprint density at radius 2 is 1.80 bits per heavy atom. The third-order valence-electron chi connectivity index (χ3n) is 4.39. The van der Waals surface area contributed by atoms with Gasteiger partial charge in [-0.25, -0.2) is 4.39 Å². The van der Waals surface area contributed by atoms with Gasteiger partial charge in [-0.1, -0.05) is 0 Å². The molecule has 2 aliphatic rings. The first-order valence-corrected chi connectivity index (χ1v) is 7.61. The monoisotopic (exact) mass is 296 g/mol. The van der Waals surface area contributed by atoms with Gasteiger partial charge < -0.3 is 9.84 Å². The third-order valence-corrected chi connectivity index (χ3v) is 5.75. The fourth-order valence-electron chi connectivity index (χ4n) is 3.31. The molecule has 1 N–H and O–H groups in total. The van der Waals surface area contributed by atoms with Crippen LogP contribution in [0.2, 0.25) is 0 Å². The molecule has 3 nitrogen and oxygen atoms in total. The molecule has 5 heteroatoms. The van der Waals surface area contributed by atoms with Gasteiger partial charge in [-0.15, -0.1) is 11.8 Å². The molecule has 2 fully saturated rings. The molecule has 1 aromatic carbocycles. The third kappa shape index (κ3) is 2.44. The highest BCUT2D eigenvalue weighted by molar-refractivity contribution is 8.01. The molecule has 1 saturated carbocycles. The maximum Gasteiger partial charge on any atom is 0.320 e. The van der Waals surface area contributed by atoms with E-state index >= 15 is 0 Å². The molecular formula is C15H17FO3S. The SMILES string of the molecule is O=C(O)C1(Sc2ccc(F)cc2)CC2(CCOCC2)C1. The van der Waals surface area contributed by atoms with E-state index in [0.29, 0.717) is 12.8 Å². The first-order chi connectivity index (χ1) is 9.54. The second-order valence-electron chi connectivity index (χ2n) is 5.82. The van der Waals surface area contributed by atoms with Gasteiger partial charge in [0.05, 0.1) is 0 Å². The zero-order valence-electron chi connectivity index (χ0n) is 11.1. The number of ether oxygens (including phenoxy) is 1. The smallest absolute Gasteiger partial charge is 0.320 e. The minimum atomic E-state index is -0.760. The van der Waals surface area contributed by atoms with E-state index in [-0.39, 0.29) is 11.2 Å². The Hall–Kier alpha value is -1.07. The molecule has 0 aromatic heterocycles. The molecule has 0 unspecified atom stereocenters. The van der Waals surface area contributed by atoms with Crippen molar-refractivity contribution in [2.24, 2.45) is 5.41 Å². The van der Waals surface area contributed by atoms with E-state index in [2.05, 4.69) is 0 Å². The number of rotatable bonds is 3. The second kappa shape index (κ2) is 5.04. The molecule has 1 aliphatic carbocycles. The van der Waals surface area contributed by atoms with E-state index in [1.165, 1.54) is 23.9 Å². The van der Waals surface area contributed by atoms with E-state index in [1.807, 2.05) is 0 Å². The van der Waals surface area contributed by atoms with Crippen LogP contribution in [0.25, 0.3) is 0 Å². The average Bonchev–Trinajstić information content (AvgIpc) is 2.40. The molecule has 3 rings (SSSR count). The molecule has 1 aromatic rings. The number of thioether (sulfide) groups is 1. The summed E-state index contributed by atoms with van der Waals surface area (Å²) in [7, 11) is 0. The van der Waals surface area contributed by atoms with Crippen molar-refractivity contribution in [1.82, 2.24) is 0 Å². The fraction of sp³-hybridized carbons (Fsp3) is 0.533. The quantitative estimate of drug-likeness (QED) is 0.929. The number of hydrogen-bond donors (Lipinski definition) is 1. The van der Waals surface area contributed by atoms with Crippen LogP contribution in [0.1, 0.15) is 25.7 Å². The number of benzene rings is 1. The van der Waals surface area contributed by atoms with Crippen molar-refractivity contribution in [2.75, 3.05) is 13.2 Å². The Balaban J connectivity index is 1.74. The topological polar surface area (TPSA) is 46.5 Å². The van der Waals surface area contributed by atoms with Crippen LogP contribution in [0, 0.1) is 11.2 Å². The molecule has 0 atom stereocenters. The Bertz CT molecular complexity index is 500. The molecule has 0 radical (unpaired) electrons. The van der Waals surface area contributed by atoms with Crippen LogP contribution < -0.4 is 0 Å². The van der Waals surface area contributed by atoms with E-state index in [9.17, 15) is 14.3 Å². The van der Waals surface area contributed by atoms with Crippen LogP contribution in [0.4, 0.5) is 4.39 Å². The fourth-order valence-corrected chi connectivity index (χ4v) is 4.88. The van der Waals surface area contributed by atoms with Gasteiger partial charge in [0, 0.05) is 18.1 Å². The lowest BCUT2D eigenvalue weighted by Gasteiger charge is -2.55. The lowest BCUT2D eigenvalue weighted by Crippen LogP contribution is -2.56. The summed E-state index contributed by atoms with van der Waals surface area (Å²) in [6.07, 6.45) is 3.26. The van der Waals surface area contributed by atoms with Crippen molar-refractivity contribution < 1.29 is 19.0 Å². The summed E-state index contributed by atoms with van der Waals surface area (Å²) in [5.41, 5.74) is 0.143. The Morgan fingerprint density at radius 3 is 2.35 bits per heavy atom. The summed E-state index contributed by atoms with van der Waals surface area (Å²) >= 11 is 1.36. The largest absolute Gasteiger partial charge is 0.480 e. The van der Waals surface area contributed by atoms with Crippen molar-refractivity contribution in [1.29, 1.82) is 0 Å². The summed E-state index contributed by atoms with van der Waals surface area (Å²) in [6, 6.07) is 6.06. The molecule has 1 saturated heterocycles. The highest BCUT2D eigenvalue weighted by Gasteiger charge is 2.59. The molecule has 0 bridgehead atoms. The maximum atomic E-state index is 12.9. The zero-order valence-corrected chi connectivity index (χ0v) is 11.9. The van der Waals surface area contributed by atoms with E-state index in [4.69, 9.17) is 4.74 Å². The van der Waals surface area contributed by atoms with E-state index < -0.39 is 10.7 Å². The predicted molar refractivity (Wildman–Crippen MR) is 74.3 cm³/mol. The molecule has 1 heterocycles. The van der Waals surface area contributed by atoms with Crippen molar-refractivity contribution >= 4 is 17.7 Å². The molecule has 0 amide bonds. The van der Waals surface area contributed by atoms with Gasteiger partial charge in [-0.2, -0.15) is 0 Å². The average molecular weight is 296 g/mol. The van der Waals surface area contributed by atoms with Gasteiger partial charge in [-0.3, -0.25) is 4.79 Å². The van der Waals surface area contributed by atoms with Gasteiger partial charge in [0.1, 0.15) is 10.6 Å². The molecule has 108 valence electrons. The predicted octanol–water partition coefficient (Wildman–Crippen LogP) is 3.33. The lowest BCUT2D eigenvalue weighted by atomic mass is 9.57. The van der Waals surface area contributed by atoms with Crippen LogP contribution in [0.5, 0.6) is 0 Å². The summed E-state index contributed by atoms with van der Waals surface area (Å²) in [5, 5.41) is 9.59. The number of hydrogen-bond acceptors (Lipinski definition) is 3. The standard InChI is InChI=1S/C15H17FO3S/c16-11-1-3-12(4-2-11)20-15(13(17)18)9-14(10-15)5-7-19-8-6-14/h1-4H,5-10H2,(H,17,18). The highest BCUT2D eigenvalue weighted by Crippen LogP contribution is 2.61. The summed E-state index contributed by atoms with van der Waals surface area (Å²) in [4.78, 5) is 12.5. The zero-order chi connectivity index (χ0) is 14.2. The number of halogens is 1. The van der Waals surface area contributed by atoms with Gasteiger partial charge in [0.15, 0.2) is 0 Å². The minimum absolute atomic E-state index is 0.143. The maximum absolute atomic E-state index is 12.9. The van der Waals surface area contributed by atoms with Gasteiger partial charge >= 0.3 is 5.97 Å². The summed E-state index contributed by atoms with van der Waals surface area (Å²) in [5.74, 6) is -1.06. The first kappa shape index (κ1) is 13.9. The van der Waals surface area contributed by atoms with Crippen LogP contribution in [0.3, 0.4) is 0 Å². The number of carbonyl (C=O) groups is 1. The minimum Gasteiger partial charge on any atom is -0.480 e. The molecular weight excluding hydrogens is 279 g/mol. The van der Waals surface area contributed by atoms with Crippen molar-refractivity contribution in [2.45, 2.75) is 35.3 Å². The molecule has 1 spiro atoms. The second-order valence-corrected chi connectivity index (χ2v) is 7.28. The number of carboxylic acid groups (broad SMARTS) is 1. The Morgan fingerprint density at radius 1 is 1.20 bits per heavy atom. The van der Waals surface area contributed by atoms with E-state index in [0.717, 1.165) is 31.0 Å². The van der Waals surface area contributed by atoms with E-state index in [1.54, 1.807) is 12.1 Å². The number of carboxylic acids is 1. The van der Waals surface area contributed by atoms with Crippen LogP contribution in [0.15, 0.2) is 29.2 Å². The van der Waals surface area contributed by atoms with Crippen molar-refractivity contribution in [3.05, 3.63) is 30.1 Å². The molecule has 1 aliphatic heterocycles. The van der Waals surface area contributed by atoms with Gasteiger partial charge in [-0.05, 0) is 55.4 Å². The normalized spacial score (nSPS) is 23.2. The van der Waals surface area contributed by atoms with Gasteiger partial charge in [0.2, 0.25) is 0 Å². The lowest BCUT2D eigenvalue weighted by molar-refractivity contribution is -0.150. The van der Waals surface area contributed by atoms with Crippen LogP contribution in [-0.4, -0.2) is 29.0 Å². The first-order valence-electron chi connectivity index (χ1n) is 6.79. The van der Waals surface area contributed by atoms with Crippen LogP contribution >= 0.6 is 11.8 Å². The van der Waals surface area contributed by atoms with Gasteiger partial charge in [0.25, 0.3) is 0 Å². The summed E-state index contributed by atoms with van der Waals surface area (Å²) in [6.45, 7) is 1.47. The highest BCUT2D eigenvalue weighted by atomic mass is 32.2. The molecule has 20 heavy (non-hydrogen) atoms. The van der Waals surface area contributed by atoms with Crippen molar-refractivity contribution in [3.8, 4) is 0 Å². The van der Waals surface area contributed by atoms with Crippen LogP contribution in [-0.2, 0) is 9.53 Å².